The van der Waals surface area contributed by atoms with Gasteiger partial charge in [-0.25, -0.2) is 0 Å². The highest BCUT2D eigenvalue weighted by molar-refractivity contribution is 6.05. The Morgan fingerprint density at radius 3 is 2.54 bits per heavy atom. The van der Waals surface area contributed by atoms with Crippen molar-refractivity contribution < 1.29 is 19.4 Å². The van der Waals surface area contributed by atoms with Gasteiger partial charge in [0, 0.05) is 12.1 Å². The number of hydrogen-bond donors (Lipinski definition) is 2. The molecule has 0 bridgehead atoms. The zero-order valence-electron chi connectivity index (χ0n) is 14.7. The van der Waals surface area contributed by atoms with Crippen LogP contribution in [-0.2, 0) is 4.79 Å². The summed E-state index contributed by atoms with van der Waals surface area (Å²) in [5.41, 5.74) is -1.23. The Morgan fingerprint density at radius 1 is 1.29 bits per heavy atom. The molecule has 132 valence electrons. The van der Waals surface area contributed by atoms with E-state index in [4.69, 9.17) is 4.74 Å². The number of rotatable bonds is 6. The SMILES string of the molecule is COc1ccc(C(=O)C2(O)CCCCC2C(=O)NCC(C)C)cc1. The third kappa shape index (κ3) is 3.96. The van der Waals surface area contributed by atoms with Crippen molar-refractivity contribution in [3.05, 3.63) is 29.8 Å². The Morgan fingerprint density at radius 2 is 1.96 bits per heavy atom. The van der Waals surface area contributed by atoms with Crippen LogP contribution in [0.1, 0.15) is 49.9 Å². The van der Waals surface area contributed by atoms with Crippen LogP contribution in [-0.4, -0.2) is 36.1 Å². The average Bonchev–Trinajstić information content (AvgIpc) is 2.59. The molecule has 0 heterocycles. The van der Waals surface area contributed by atoms with Crippen molar-refractivity contribution in [3.8, 4) is 5.75 Å². The van der Waals surface area contributed by atoms with Crippen LogP contribution in [0.15, 0.2) is 24.3 Å². The number of aliphatic hydroxyl groups is 1. The lowest BCUT2D eigenvalue weighted by atomic mass is 9.71. The number of methoxy groups -OCH3 is 1. The van der Waals surface area contributed by atoms with Gasteiger partial charge in [-0.05, 0) is 43.0 Å². The number of ketones is 1. The van der Waals surface area contributed by atoms with Crippen molar-refractivity contribution in [3.63, 3.8) is 0 Å². The number of carbonyl (C=O) groups is 2. The van der Waals surface area contributed by atoms with E-state index in [1.807, 2.05) is 13.8 Å². The Kier molecular flexibility index (Phi) is 5.99. The fourth-order valence-corrected chi connectivity index (χ4v) is 3.20. The first-order chi connectivity index (χ1) is 11.4. The first-order valence-electron chi connectivity index (χ1n) is 8.57. The monoisotopic (exact) mass is 333 g/mol. The molecule has 2 atom stereocenters. The molecule has 0 radical (unpaired) electrons. The molecule has 0 saturated heterocycles. The summed E-state index contributed by atoms with van der Waals surface area (Å²) in [6.45, 7) is 4.56. The van der Waals surface area contributed by atoms with Crippen LogP contribution >= 0.6 is 0 Å². The highest BCUT2D eigenvalue weighted by Gasteiger charge is 2.48. The van der Waals surface area contributed by atoms with Gasteiger partial charge in [-0.3, -0.25) is 9.59 Å². The molecule has 0 aromatic heterocycles. The lowest BCUT2D eigenvalue weighted by Crippen LogP contribution is -2.54. The Labute approximate surface area is 143 Å². The van der Waals surface area contributed by atoms with E-state index in [2.05, 4.69) is 5.32 Å². The molecule has 2 unspecified atom stereocenters. The van der Waals surface area contributed by atoms with Crippen LogP contribution in [0.5, 0.6) is 5.75 Å². The van der Waals surface area contributed by atoms with E-state index in [9.17, 15) is 14.7 Å². The van der Waals surface area contributed by atoms with Crippen molar-refractivity contribution in [2.24, 2.45) is 11.8 Å². The molecule has 2 rings (SSSR count). The minimum atomic E-state index is -1.63. The lowest BCUT2D eigenvalue weighted by molar-refractivity contribution is -0.134. The first kappa shape index (κ1) is 18.5. The second kappa shape index (κ2) is 7.79. The molecule has 1 amide bonds. The van der Waals surface area contributed by atoms with Crippen molar-refractivity contribution >= 4 is 11.7 Å². The highest BCUT2D eigenvalue weighted by atomic mass is 16.5. The van der Waals surface area contributed by atoms with Gasteiger partial charge in [0.05, 0.1) is 13.0 Å². The van der Waals surface area contributed by atoms with Gasteiger partial charge in [-0.15, -0.1) is 0 Å². The summed E-state index contributed by atoms with van der Waals surface area (Å²) in [6, 6.07) is 6.65. The van der Waals surface area contributed by atoms with E-state index >= 15 is 0 Å². The van der Waals surface area contributed by atoms with Gasteiger partial charge in [0.1, 0.15) is 11.4 Å². The molecule has 1 fully saturated rings. The molecule has 0 spiro atoms. The van der Waals surface area contributed by atoms with E-state index < -0.39 is 11.5 Å². The quantitative estimate of drug-likeness (QED) is 0.785. The number of benzene rings is 1. The summed E-state index contributed by atoms with van der Waals surface area (Å²) >= 11 is 0. The van der Waals surface area contributed by atoms with Crippen LogP contribution in [0.3, 0.4) is 0 Å². The summed E-state index contributed by atoms with van der Waals surface area (Å²) in [7, 11) is 1.56. The summed E-state index contributed by atoms with van der Waals surface area (Å²) in [4.78, 5) is 25.4. The molecule has 1 aromatic rings. The number of hydrogen-bond acceptors (Lipinski definition) is 4. The predicted molar refractivity (Wildman–Crippen MR) is 92.1 cm³/mol. The minimum Gasteiger partial charge on any atom is -0.497 e. The standard InChI is InChI=1S/C19H27NO4/c1-13(2)12-20-18(22)16-6-4-5-11-19(16,23)17(21)14-7-9-15(24-3)10-8-14/h7-10,13,16,23H,4-6,11-12H2,1-3H3,(H,20,22). The molecule has 5 nitrogen and oxygen atoms in total. The van der Waals surface area contributed by atoms with E-state index in [-0.39, 0.29) is 11.7 Å². The van der Waals surface area contributed by atoms with Crippen LogP contribution < -0.4 is 10.1 Å². The number of nitrogens with one attached hydrogen (secondary N) is 1. The molecule has 5 heteroatoms. The zero-order valence-corrected chi connectivity index (χ0v) is 14.7. The van der Waals surface area contributed by atoms with Gasteiger partial charge in [0.25, 0.3) is 0 Å². The molecule has 24 heavy (non-hydrogen) atoms. The smallest absolute Gasteiger partial charge is 0.226 e. The van der Waals surface area contributed by atoms with Crippen molar-refractivity contribution in [2.75, 3.05) is 13.7 Å². The van der Waals surface area contributed by atoms with Gasteiger partial charge in [0.15, 0.2) is 5.78 Å². The van der Waals surface area contributed by atoms with Crippen LogP contribution in [0.25, 0.3) is 0 Å². The van der Waals surface area contributed by atoms with E-state index in [0.29, 0.717) is 36.6 Å². The van der Waals surface area contributed by atoms with Crippen LogP contribution in [0, 0.1) is 11.8 Å². The van der Waals surface area contributed by atoms with Crippen LogP contribution in [0.4, 0.5) is 0 Å². The highest BCUT2D eigenvalue weighted by Crippen LogP contribution is 2.37. The van der Waals surface area contributed by atoms with Gasteiger partial charge >= 0.3 is 0 Å². The molecule has 2 N–H and O–H groups in total. The predicted octanol–water partition coefficient (Wildman–Crippen LogP) is 2.57. The topological polar surface area (TPSA) is 75.6 Å². The maximum absolute atomic E-state index is 12.9. The Bertz CT molecular complexity index is 582. The number of Topliss-reactive ketones (excluding diaryl/α,β-unsaturated/α-hetero) is 1. The summed E-state index contributed by atoms with van der Waals surface area (Å²) in [6.07, 6.45) is 2.43. The normalized spacial score (nSPS) is 23.8. The second-order valence-corrected chi connectivity index (χ2v) is 6.92. The molecule has 1 aliphatic rings. The summed E-state index contributed by atoms with van der Waals surface area (Å²) in [5, 5.41) is 13.9. The fraction of sp³-hybridized carbons (Fsp3) is 0.579. The van der Waals surface area contributed by atoms with Gasteiger partial charge in [0.2, 0.25) is 5.91 Å². The maximum atomic E-state index is 12.9. The van der Waals surface area contributed by atoms with Gasteiger partial charge < -0.3 is 15.2 Å². The molecule has 0 aliphatic heterocycles. The first-order valence-corrected chi connectivity index (χ1v) is 8.57. The zero-order chi connectivity index (χ0) is 17.7. The van der Waals surface area contributed by atoms with Crippen molar-refractivity contribution in [2.45, 2.75) is 45.1 Å². The third-order valence-corrected chi connectivity index (χ3v) is 4.62. The summed E-state index contributed by atoms with van der Waals surface area (Å²) < 4.78 is 5.10. The van der Waals surface area contributed by atoms with Gasteiger partial charge in [-0.1, -0.05) is 26.7 Å². The molecule has 1 aromatic carbocycles. The second-order valence-electron chi connectivity index (χ2n) is 6.92. The molecule has 1 saturated carbocycles. The number of ether oxygens (including phenoxy) is 1. The number of carbonyl (C=O) groups excluding carboxylic acids is 2. The van der Waals surface area contributed by atoms with E-state index in [0.717, 1.165) is 12.8 Å². The van der Waals surface area contributed by atoms with E-state index in [1.54, 1.807) is 31.4 Å². The third-order valence-electron chi connectivity index (χ3n) is 4.62. The minimum absolute atomic E-state index is 0.229. The lowest BCUT2D eigenvalue weighted by Gasteiger charge is -2.37. The Hall–Kier alpha value is -1.88. The number of amides is 1. The average molecular weight is 333 g/mol. The fourth-order valence-electron chi connectivity index (χ4n) is 3.20. The van der Waals surface area contributed by atoms with E-state index in [1.165, 1.54) is 0 Å². The van der Waals surface area contributed by atoms with Gasteiger partial charge in [-0.2, -0.15) is 0 Å². The molecule has 1 aliphatic carbocycles. The summed E-state index contributed by atoms with van der Waals surface area (Å²) in [5.74, 6) is -0.335. The van der Waals surface area contributed by atoms with Crippen molar-refractivity contribution in [1.29, 1.82) is 0 Å². The maximum Gasteiger partial charge on any atom is 0.226 e. The van der Waals surface area contributed by atoms with Crippen molar-refractivity contribution in [1.82, 2.24) is 5.32 Å². The molecular formula is C19H27NO4. The van der Waals surface area contributed by atoms with Crippen LogP contribution in [0.2, 0.25) is 0 Å². The molecular weight excluding hydrogens is 306 g/mol. The Balaban J connectivity index is 2.21. The largest absolute Gasteiger partial charge is 0.497 e.